The van der Waals surface area contributed by atoms with Gasteiger partial charge in [-0.05, 0) is 43.0 Å². The summed E-state index contributed by atoms with van der Waals surface area (Å²) in [4.78, 5) is 1.45. The molecule has 2 heteroatoms. The Morgan fingerprint density at radius 1 is 1.22 bits per heavy atom. The molecule has 0 aliphatic carbocycles. The Kier molecular flexibility index (Phi) is 4.56. The third-order valence-electron chi connectivity index (χ3n) is 3.25. The van der Waals surface area contributed by atoms with E-state index in [-0.39, 0.29) is 0 Å². The van der Waals surface area contributed by atoms with E-state index in [0.717, 1.165) is 13.0 Å². The van der Waals surface area contributed by atoms with Crippen molar-refractivity contribution in [2.45, 2.75) is 33.2 Å². The Morgan fingerprint density at radius 2 is 2.06 bits per heavy atom. The number of hydrogen-bond donors (Lipinski definition) is 1. The zero-order valence-corrected chi connectivity index (χ0v) is 12.2. The lowest BCUT2D eigenvalue weighted by Crippen LogP contribution is -2.23. The van der Waals surface area contributed by atoms with Crippen LogP contribution in [0.25, 0.3) is 0 Å². The van der Waals surface area contributed by atoms with Gasteiger partial charge >= 0.3 is 0 Å². The van der Waals surface area contributed by atoms with E-state index in [2.05, 4.69) is 61.8 Å². The van der Waals surface area contributed by atoms with Crippen LogP contribution in [-0.4, -0.2) is 6.54 Å². The van der Waals surface area contributed by atoms with Gasteiger partial charge in [-0.3, -0.25) is 0 Å². The van der Waals surface area contributed by atoms with Gasteiger partial charge in [0.15, 0.2) is 0 Å². The molecule has 96 valence electrons. The summed E-state index contributed by atoms with van der Waals surface area (Å²) in [5.41, 5.74) is 4.15. The lowest BCUT2D eigenvalue weighted by Gasteiger charge is -2.20. The Bertz CT molecular complexity index is 488. The van der Waals surface area contributed by atoms with Crippen LogP contribution in [0.2, 0.25) is 0 Å². The SMILES string of the molecule is CCNC(Cc1cccs1)c1cc(C)ccc1C. The van der Waals surface area contributed by atoms with Gasteiger partial charge in [0.1, 0.15) is 0 Å². The molecule has 0 radical (unpaired) electrons. The molecular weight excluding hydrogens is 238 g/mol. The number of nitrogens with one attached hydrogen (secondary N) is 1. The van der Waals surface area contributed by atoms with Crippen molar-refractivity contribution in [2.24, 2.45) is 0 Å². The van der Waals surface area contributed by atoms with Gasteiger partial charge in [-0.1, -0.05) is 36.8 Å². The molecule has 1 aromatic carbocycles. The molecule has 0 bridgehead atoms. The highest BCUT2D eigenvalue weighted by molar-refractivity contribution is 7.09. The van der Waals surface area contributed by atoms with Gasteiger partial charge in [0.2, 0.25) is 0 Å². The fraction of sp³-hybridized carbons (Fsp3) is 0.375. The Hall–Kier alpha value is -1.12. The van der Waals surface area contributed by atoms with Gasteiger partial charge < -0.3 is 5.32 Å². The van der Waals surface area contributed by atoms with Crippen molar-refractivity contribution in [1.29, 1.82) is 0 Å². The molecule has 1 atom stereocenters. The van der Waals surface area contributed by atoms with Crippen LogP contribution in [0.5, 0.6) is 0 Å². The van der Waals surface area contributed by atoms with E-state index >= 15 is 0 Å². The number of benzene rings is 1. The van der Waals surface area contributed by atoms with Crippen LogP contribution in [0.1, 0.15) is 34.5 Å². The van der Waals surface area contributed by atoms with E-state index in [0.29, 0.717) is 6.04 Å². The molecule has 1 N–H and O–H groups in total. The van der Waals surface area contributed by atoms with Crippen molar-refractivity contribution < 1.29 is 0 Å². The molecule has 1 nitrogen and oxygen atoms in total. The van der Waals surface area contributed by atoms with Crippen molar-refractivity contribution in [3.63, 3.8) is 0 Å². The molecule has 18 heavy (non-hydrogen) atoms. The van der Waals surface area contributed by atoms with Crippen LogP contribution in [0.4, 0.5) is 0 Å². The van der Waals surface area contributed by atoms with Gasteiger partial charge in [0, 0.05) is 17.3 Å². The molecule has 1 heterocycles. The Morgan fingerprint density at radius 3 is 2.72 bits per heavy atom. The minimum Gasteiger partial charge on any atom is -0.310 e. The van der Waals surface area contributed by atoms with Crippen LogP contribution >= 0.6 is 11.3 Å². The molecule has 0 saturated carbocycles. The second-order valence-electron chi connectivity index (χ2n) is 4.75. The van der Waals surface area contributed by atoms with Crippen LogP contribution in [-0.2, 0) is 6.42 Å². The number of rotatable bonds is 5. The summed E-state index contributed by atoms with van der Waals surface area (Å²) in [5, 5.41) is 5.77. The molecule has 0 aliphatic rings. The summed E-state index contributed by atoms with van der Waals surface area (Å²) in [5.74, 6) is 0. The van der Waals surface area contributed by atoms with Gasteiger partial charge in [-0.25, -0.2) is 0 Å². The van der Waals surface area contributed by atoms with E-state index in [4.69, 9.17) is 0 Å². The molecule has 0 saturated heterocycles. The minimum absolute atomic E-state index is 0.425. The second-order valence-corrected chi connectivity index (χ2v) is 5.79. The number of likely N-dealkylation sites (N-methyl/N-ethyl adjacent to an activating group) is 1. The Balaban J connectivity index is 2.26. The largest absolute Gasteiger partial charge is 0.310 e. The fourth-order valence-corrected chi connectivity index (χ4v) is 3.06. The third kappa shape index (κ3) is 3.21. The Labute approximate surface area is 114 Å². The van der Waals surface area contributed by atoms with Crippen molar-refractivity contribution in [2.75, 3.05) is 6.54 Å². The zero-order chi connectivity index (χ0) is 13.0. The van der Waals surface area contributed by atoms with E-state index in [1.807, 2.05) is 11.3 Å². The summed E-state index contributed by atoms with van der Waals surface area (Å²) in [7, 11) is 0. The zero-order valence-electron chi connectivity index (χ0n) is 11.4. The minimum atomic E-state index is 0.425. The summed E-state index contributed by atoms with van der Waals surface area (Å²) in [6.07, 6.45) is 1.08. The lowest BCUT2D eigenvalue weighted by atomic mass is 9.96. The van der Waals surface area contributed by atoms with Gasteiger partial charge in [0.25, 0.3) is 0 Å². The molecule has 2 rings (SSSR count). The fourth-order valence-electron chi connectivity index (χ4n) is 2.30. The average Bonchev–Trinajstić information content (AvgIpc) is 2.85. The van der Waals surface area contributed by atoms with Crippen molar-refractivity contribution in [3.8, 4) is 0 Å². The monoisotopic (exact) mass is 259 g/mol. The molecule has 2 aromatic rings. The van der Waals surface area contributed by atoms with E-state index in [1.165, 1.54) is 21.6 Å². The van der Waals surface area contributed by atoms with Crippen molar-refractivity contribution in [3.05, 3.63) is 57.3 Å². The highest BCUT2D eigenvalue weighted by Gasteiger charge is 2.14. The van der Waals surface area contributed by atoms with E-state index in [9.17, 15) is 0 Å². The molecule has 0 spiro atoms. The third-order valence-corrected chi connectivity index (χ3v) is 4.14. The lowest BCUT2D eigenvalue weighted by molar-refractivity contribution is 0.550. The maximum absolute atomic E-state index is 3.61. The average molecular weight is 259 g/mol. The van der Waals surface area contributed by atoms with Gasteiger partial charge in [0.05, 0.1) is 0 Å². The maximum Gasteiger partial charge on any atom is 0.0371 e. The highest BCUT2D eigenvalue weighted by Crippen LogP contribution is 2.24. The summed E-state index contributed by atoms with van der Waals surface area (Å²) in [6, 6.07) is 11.5. The van der Waals surface area contributed by atoms with Crippen molar-refractivity contribution in [1.82, 2.24) is 5.32 Å². The molecule has 0 aliphatic heterocycles. The topological polar surface area (TPSA) is 12.0 Å². The van der Waals surface area contributed by atoms with Gasteiger partial charge in [-0.15, -0.1) is 11.3 Å². The number of aryl methyl sites for hydroxylation is 2. The smallest absolute Gasteiger partial charge is 0.0371 e. The first kappa shape index (κ1) is 13.3. The molecule has 0 amide bonds. The molecule has 0 fully saturated rings. The molecule has 1 aromatic heterocycles. The first-order valence-corrected chi connectivity index (χ1v) is 7.41. The summed E-state index contributed by atoms with van der Waals surface area (Å²) >= 11 is 1.84. The van der Waals surface area contributed by atoms with E-state index < -0.39 is 0 Å². The highest BCUT2D eigenvalue weighted by atomic mass is 32.1. The number of hydrogen-bond acceptors (Lipinski definition) is 2. The molecular formula is C16H21NS. The van der Waals surface area contributed by atoms with Crippen molar-refractivity contribution >= 4 is 11.3 Å². The predicted molar refractivity (Wildman–Crippen MR) is 80.4 cm³/mol. The van der Waals surface area contributed by atoms with E-state index in [1.54, 1.807) is 0 Å². The normalized spacial score (nSPS) is 12.6. The maximum atomic E-state index is 3.61. The second kappa shape index (κ2) is 6.17. The first-order valence-electron chi connectivity index (χ1n) is 6.53. The quantitative estimate of drug-likeness (QED) is 0.846. The number of thiophene rings is 1. The summed E-state index contributed by atoms with van der Waals surface area (Å²) in [6.45, 7) is 7.54. The standard InChI is InChI=1S/C16H21NS/c1-4-17-16(11-14-6-5-9-18-14)15-10-12(2)7-8-13(15)3/h5-10,16-17H,4,11H2,1-3H3. The summed E-state index contributed by atoms with van der Waals surface area (Å²) < 4.78 is 0. The van der Waals surface area contributed by atoms with Crippen LogP contribution in [0.3, 0.4) is 0 Å². The predicted octanol–water partition coefficient (Wildman–Crippen LogP) is 4.26. The van der Waals surface area contributed by atoms with Crippen LogP contribution in [0, 0.1) is 13.8 Å². The van der Waals surface area contributed by atoms with Gasteiger partial charge in [-0.2, -0.15) is 0 Å². The van der Waals surface area contributed by atoms with Crippen LogP contribution < -0.4 is 5.32 Å². The van der Waals surface area contributed by atoms with Crippen LogP contribution in [0.15, 0.2) is 35.7 Å². The molecule has 1 unspecified atom stereocenters. The first-order chi connectivity index (χ1) is 8.70.